The number of carbonyl (C=O) groups is 3. The van der Waals surface area contributed by atoms with Crippen molar-refractivity contribution in [2.45, 2.75) is 236 Å². The zero-order valence-electron chi connectivity index (χ0n) is 40.0. The molecule has 10 aliphatic rings. The van der Waals surface area contributed by atoms with Gasteiger partial charge in [0.25, 0.3) is 0 Å². The molecule has 0 spiro atoms. The number of carbonyl (C=O) groups excluding carboxylic acids is 3. The molecule has 63 heavy (non-hydrogen) atoms. The summed E-state index contributed by atoms with van der Waals surface area (Å²) >= 11 is 0. The Hall–Kier alpha value is -1.79. The van der Waals surface area contributed by atoms with Crippen LogP contribution in [0.4, 0.5) is 0 Å². The Morgan fingerprint density at radius 2 is 0.952 bits per heavy atom. The van der Waals surface area contributed by atoms with Gasteiger partial charge in [0.2, 0.25) is 0 Å². The van der Waals surface area contributed by atoms with Crippen LogP contribution in [0.15, 0.2) is 0 Å². The maximum Gasteiger partial charge on any atom is 0.313 e. The van der Waals surface area contributed by atoms with Gasteiger partial charge in [0, 0.05) is 36.7 Å². The molecular formula is C52H82O11. The van der Waals surface area contributed by atoms with Gasteiger partial charge < -0.3 is 37.9 Å². The highest BCUT2D eigenvalue weighted by molar-refractivity contribution is 5.85. The van der Waals surface area contributed by atoms with Gasteiger partial charge in [0.1, 0.15) is 16.8 Å². The van der Waals surface area contributed by atoms with Crippen molar-refractivity contribution in [3.63, 3.8) is 0 Å². The van der Waals surface area contributed by atoms with E-state index in [1.807, 2.05) is 0 Å². The highest BCUT2D eigenvalue weighted by atomic mass is 16.6. The number of fused-ring (bicyclic) bond motifs is 12. The largest absolute Gasteiger partial charge is 0.459 e. The minimum Gasteiger partial charge on any atom is -0.459 e. The number of methoxy groups -OCH3 is 1. The van der Waals surface area contributed by atoms with E-state index in [0.717, 1.165) is 109 Å². The van der Waals surface area contributed by atoms with E-state index in [0.29, 0.717) is 30.3 Å². The SMILES string of the molecule is CCC1OC(CC)C2C3OC(C(C(=O)OC4(CC)CCCC4)C3C(=O)OC3(CC)CC4CCC3C4)C12.CCC1OC(CC)C2C3OC(C(COC)C3C(=O)OC3(CC)CCCC3)C12. The van der Waals surface area contributed by atoms with Crippen LogP contribution in [0.2, 0.25) is 0 Å². The first-order valence-corrected chi connectivity index (χ1v) is 26.3. The Balaban J connectivity index is 0.000000167. The third-order valence-electron chi connectivity index (χ3n) is 19.3. The zero-order valence-corrected chi connectivity index (χ0v) is 40.0. The molecule has 356 valence electrons. The van der Waals surface area contributed by atoms with Gasteiger partial charge in [-0.2, -0.15) is 0 Å². The monoisotopic (exact) mass is 883 g/mol. The van der Waals surface area contributed by atoms with E-state index in [2.05, 4.69) is 48.5 Å². The van der Waals surface area contributed by atoms with Gasteiger partial charge in [-0.25, -0.2) is 0 Å². The number of hydrogen-bond acceptors (Lipinski definition) is 11. The van der Waals surface area contributed by atoms with Crippen molar-refractivity contribution < 1.29 is 52.3 Å². The molecule has 6 heterocycles. The third-order valence-corrected chi connectivity index (χ3v) is 19.3. The van der Waals surface area contributed by atoms with E-state index >= 15 is 0 Å². The molecule has 4 saturated carbocycles. The number of hydrogen-bond donors (Lipinski definition) is 0. The molecule has 0 aromatic heterocycles. The molecule has 19 atom stereocenters. The van der Waals surface area contributed by atoms with Crippen molar-refractivity contribution in [2.75, 3.05) is 13.7 Å². The van der Waals surface area contributed by atoms with Gasteiger partial charge in [-0.15, -0.1) is 0 Å². The van der Waals surface area contributed by atoms with E-state index in [1.54, 1.807) is 7.11 Å². The lowest BCUT2D eigenvalue weighted by Crippen LogP contribution is -2.52. The van der Waals surface area contributed by atoms with Crippen molar-refractivity contribution in [1.82, 2.24) is 0 Å². The molecule has 10 fully saturated rings. The number of esters is 3. The van der Waals surface area contributed by atoms with E-state index in [-0.39, 0.29) is 107 Å². The minimum atomic E-state index is -0.589. The van der Waals surface area contributed by atoms with Crippen molar-refractivity contribution in [3.8, 4) is 0 Å². The van der Waals surface area contributed by atoms with Gasteiger partial charge >= 0.3 is 17.9 Å². The molecule has 4 aliphatic carbocycles. The Morgan fingerprint density at radius 3 is 1.35 bits per heavy atom. The summed E-state index contributed by atoms with van der Waals surface area (Å²) in [6.45, 7) is 15.6. The average Bonchev–Trinajstić information content (AvgIpc) is 4.14. The van der Waals surface area contributed by atoms with Crippen LogP contribution in [0, 0.1) is 59.2 Å². The fraction of sp³-hybridized carbons (Fsp3) is 0.942. The van der Waals surface area contributed by atoms with Crippen LogP contribution in [0.5, 0.6) is 0 Å². The quantitative estimate of drug-likeness (QED) is 0.115. The fourth-order valence-electron chi connectivity index (χ4n) is 16.2. The molecule has 6 saturated heterocycles. The second-order valence-corrected chi connectivity index (χ2v) is 21.9. The fourth-order valence-corrected chi connectivity index (χ4v) is 16.2. The Kier molecular flexibility index (Phi) is 13.5. The first kappa shape index (κ1) is 46.3. The zero-order chi connectivity index (χ0) is 44.4. The predicted molar refractivity (Wildman–Crippen MR) is 235 cm³/mol. The summed E-state index contributed by atoms with van der Waals surface area (Å²) in [6.07, 6.45) is 19.1. The van der Waals surface area contributed by atoms with Crippen LogP contribution >= 0.6 is 0 Å². The molecule has 19 unspecified atom stereocenters. The van der Waals surface area contributed by atoms with Gasteiger partial charge in [-0.1, -0.05) is 48.5 Å². The summed E-state index contributed by atoms with van der Waals surface area (Å²) in [7, 11) is 1.72. The van der Waals surface area contributed by atoms with Crippen LogP contribution < -0.4 is 0 Å². The van der Waals surface area contributed by atoms with Crippen LogP contribution in [0.25, 0.3) is 0 Å². The van der Waals surface area contributed by atoms with Gasteiger partial charge in [-0.05, 0) is 134 Å². The highest BCUT2D eigenvalue weighted by Gasteiger charge is 2.71. The maximum absolute atomic E-state index is 14.1. The second-order valence-electron chi connectivity index (χ2n) is 21.9. The molecule has 0 radical (unpaired) electrons. The predicted octanol–water partition coefficient (Wildman–Crippen LogP) is 9.33. The lowest BCUT2D eigenvalue weighted by atomic mass is 9.65. The molecule has 11 heteroatoms. The Morgan fingerprint density at radius 1 is 0.524 bits per heavy atom. The van der Waals surface area contributed by atoms with E-state index in [1.165, 1.54) is 12.8 Å². The summed E-state index contributed by atoms with van der Waals surface area (Å²) in [5.74, 6) is 0.316. The van der Waals surface area contributed by atoms with Gasteiger partial charge in [0.05, 0.1) is 73.2 Å². The lowest BCUT2D eigenvalue weighted by Gasteiger charge is -2.40. The van der Waals surface area contributed by atoms with Crippen molar-refractivity contribution >= 4 is 17.9 Å². The first-order chi connectivity index (χ1) is 30.5. The molecule has 0 N–H and O–H groups in total. The van der Waals surface area contributed by atoms with Gasteiger partial charge in [-0.3, -0.25) is 14.4 Å². The molecule has 11 nitrogen and oxygen atoms in total. The Bertz CT molecular complexity index is 1640. The van der Waals surface area contributed by atoms with Crippen molar-refractivity contribution in [1.29, 1.82) is 0 Å². The summed E-state index contributed by atoms with van der Waals surface area (Å²) in [6, 6.07) is 0. The molecule has 6 aliphatic heterocycles. The maximum atomic E-state index is 14.1. The summed E-state index contributed by atoms with van der Waals surface area (Å²) in [4.78, 5) is 41.5. The first-order valence-electron chi connectivity index (χ1n) is 26.3. The third kappa shape index (κ3) is 7.66. The van der Waals surface area contributed by atoms with Crippen molar-refractivity contribution in [3.05, 3.63) is 0 Å². The van der Waals surface area contributed by atoms with Crippen LogP contribution in [-0.4, -0.2) is 97.3 Å². The minimum absolute atomic E-state index is 0.0541. The summed E-state index contributed by atoms with van der Waals surface area (Å²) in [5.41, 5.74) is -1.00. The molecular weight excluding hydrogens is 801 g/mol. The molecule has 0 aromatic carbocycles. The smallest absolute Gasteiger partial charge is 0.313 e. The van der Waals surface area contributed by atoms with Crippen molar-refractivity contribution in [2.24, 2.45) is 59.2 Å². The van der Waals surface area contributed by atoms with Crippen LogP contribution in [0.3, 0.4) is 0 Å². The lowest BCUT2D eigenvalue weighted by molar-refractivity contribution is -0.183. The van der Waals surface area contributed by atoms with E-state index < -0.39 is 11.8 Å². The Labute approximate surface area is 378 Å². The normalized spacial score (nSPS) is 46.5. The highest BCUT2D eigenvalue weighted by Crippen LogP contribution is 2.61. The van der Waals surface area contributed by atoms with E-state index in [9.17, 15) is 14.4 Å². The molecule has 10 rings (SSSR count). The average molecular weight is 883 g/mol. The second kappa shape index (κ2) is 18.4. The van der Waals surface area contributed by atoms with Gasteiger partial charge in [0.15, 0.2) is 0 Å². The van der Waals surface area contributed by atoms with Crippen LogP contribution in [-0.2, 0) is 52.3 Å². The summed E-state index contributed by atoms with van der Waals surface area (Å²) < 4.78 is 50.5. The molecule has 6 bridgehead atoms. The molecule has 0 amide bonds. The topological polar surface area (TPSA) is 125 Å². The summed E-state index contributed by atoms with van der Waals surface area (Å²) in [5, 5.41) is 0. The van der Waals surface area contributed by atoms with E-state index in [4.69, 9.17) is 37.9 Å². The number of ether oxygens (including phenoxy) is 8. The standard InChI is InChI=1S/C30H46O6.C22H36O5/c1-5-19-21-22(20(6-2)33-19)26-24(28(32)36-30(8-4)16-17-11-12-18(30)15-17)23(25(21)34-26)27(31)35-29(7-3)13-9-10-14-29;1-5-14-17-18(15(6-2)25-14)20-16(13(12-24-4)19(17)26-20)21(23)27-22(7-3)10-8-9-11-22/h17-26H,5-16H2,1-4H3;13-20H,5-12H2,1-4H3. The molecule has 0 aromatic rings. The van der Waals surface area contributed by atoms with Crippen LogP contribution in [0.1, 0.15) is 170 Å². The number of rotatable bonds is 15.